The third kappa shape index (κ3) is 7.82. The Hall–Kier alpha value is -6.30. The topological polar surface area (TPSA) is 156 Å². The molecule has 0 bridgehead atoms. The number of hydrogen-bond donors (Lipinski definition) is 4. The second-order valence-corrected chi connectivity index (χ2v) is 12.5. The predicted molar refractivity (Wildman–Crippen MR) is 188 cm³/mol. The van der Waals surface area contributed by atoms with Crippen LogP contribution in [0.25, 0.3) is 16.5 Å². The van der Waals surface area contributed by atoms with Gasteiger partial charge in [0.2, 0.25) is 0 Å². The number of aryl methyl sites for hydroxylation is 1. The smallest absolute Gasteiger partial charge is 0.356 e. The van der Waals surface area contributed by atoms with E-state index in [-0.39, 0.29) is 11.1 Å². The highest BCUT2D eigenvalue weighted by Crippen LogP contribution is 2.33. The van der Waals surface area contributed by atoms with Gasteiger partial charge in [0.25, 0.3) is 0 Å². The fourth-order valence-corrected chi connectivity index (χ4v) is 5.08. The molecular formula is C37H36N8O4. The number of amides is 2. The van der Waals surface area contributed by atoms with Gasteiger partial charge >= 0.3 is 12.0 Å². The highest BCUT2D eigenvalue weighted by molar-refractivity contribution is 6.07. The summed E-state index contributed by atoms with van der Waals surface area (Å²) in [5.74, 6) is 0.533. The number of nitrogens with zero attached hydrogens (tertiary/aromatic N) is 5. The summed E-state index contributed by atoms with van der Waals surface area (Å²) < 4.78 is 8.01. The van der Waals surface area contributed by atoms with Gasteiger partial charge in [-0.1, -0.05) is 62.7 Å². The maximum atomic E-state index is 13.4. The summed E-state index contributed by atoms with van der Waals surface area (Å²) in [7, 11) is 0. The first kappa shape index (κ1) is 32.6. The zero-order valence-corrected chi connectivity index (χ0v) is 27.6. The van der Waals surface area contributed by atoms with Crippen LogP contribution in [-0.4, -0.2) is 41.8 Å². The molecule has 6 rings (SSSR count). The lowest BCUT2D eigenvalue weighted by Gasteiger charge is -2.15. The zero-order chi connectivity index (χ0) is 34.5. The molecular weight excluding hydrogens is 620 g/mol. The minimum absolute atomic E-state index is 0.126. The Bertz CT molecular complexity index is 2120. The molecule has 0 fully saturated rings. The van der Waals surface area contributed by atoms with E-state index in [1.807, 2.05) is 85.8 Å². The second-order valence-electron chi connectivity index (χ2n) is 12.5. The lowest BCUT2D eigenvalue weighted by Crippen LogP contribution is -2.21. The summed E-state index contributed by atoms with van der Waals surface area (Å²) in [6.45, 7) is 8.94. The van der Waals surface area contributed by atoms with E-state index in [0.29, 0.717) is 36.2 Å². The summed E-state index contributed by atoms with van der Waals surface area (Å²) in [6, 6.07) is 24.7. The maximum absolute atomic E-state index is 13.4. The van der Waals surface area contributed by atoms with Gasteiger partial charge in [0.1, 0.15) is 24.0 Å². The molecule has 3 heterocycles. The SMILES string of the molecule is Cc1ccc(-n2nc(C(C)(C)C)cc2NC(=O)Nc2ccc(OCc3ccnc(CNc4cnc(C(=O)O)cn4)c3)c3ccccc23)cc1. The van der Waals surface area contributed by atoms with Crippen LogP contribution in [0.2, 0.25) is 0 Å². The normalized spacial score (nSPS) is 11.3. The van der Waals surface area contributed by atoms with Crippen molar-refractivity contribution in [3.05, 3.63) is 126 Å². The summed E-state index contributed by atoms with van der Waals surface area (Å²) in [5, 5.41) is 24.6. The highest BCUT2D eigenvalue weighted by Gasteiger charge is 2.22. The van der Waals surface area contributed by atoms with Gasteiger partial charge in [-0.3, -0.25) is 10.3 Å². The fraction of sp³-hybridized carbons (Fsp3) is 0.189. The van der Waals surface area contributed by atoms with Gasteiger partial charge in [-0.05, 0) is 48.9 Å². The van der Waals surface area contributed by atoms with Gasteiger partial charge in [-0.25, -0.2) is 24.2 Å². The monoisotopic (exact) mass is 656 g/mol. The molecule has 0 aliphatic heterocycles. The Labute approximate surface area is 283 Å². The van der Waals surface area contributed by atoms with Crippen LogP contribution >= 0.6 is 0 Å². The third-order valence-electron chi connectivity index (χ3n) is 7.73. The van der Waals surface area contributed by atoms with Crippen molar-refractivity contribution in [3.8, 4) is 11.4 Å². The molecule has 12 nitrogen and oxygen atoms in total. The number of urea groups is 1. The number of benzene rings is 3. The molecule has 6 aromatic rings. The number of carbonyl (C=O) groups excluding carboxylic acids is 1. The Morgan fingerprint density at radius 2 is 1.65 bits per heavy atom. The number of carbonyl (C=O) groups is 2. The Balaban J connectivity index is 1.14. The summed E-state index contributed by atoms with van der Waals surface area (Å²) in [6.07, 6.45) is 4.27. The van der Waals surface area contributed by atoms with Crippen molar-refractivity contribution in [1.29, 1.82) is 0 Å². The summed E-state index contributed by atoms with van der Waals surface area (Å²) >= 11 is 0. The van der Waals surface area contributed by atoms with Crippen LogP contribution in [0.3, 0.4) is 0 Å². The summed E-state index contributed by atoms with van der Waals surface area (Å²) in [5.41, 5.74) is 4.79. The van der Waals surface area contributed by atoms with Crippen LogP contribution in [0.15, 0.2) is 97.5 Å². The minimum Gasteiger partial charge on any atom is -0.488 e. The van der Waals surface area contributed by atoms with E-state index in [4.69, 9.17) is 14.9 Å². The molecule has 3 aromatic heterocycles. The van der Waals surface area contributed by atoms with Crippen molar-refractivity contribution in [1.82, 2.24) is 24.7 Å². The minimum atomic E-state index is -1.13. The number of rotatable bonds is 10. The Morgan fingerprint density at radius 1 is 0.878 bits per heavy atom. The van der Waals surface area contributed by atoms with Crippen molar-refractivity contribution in [2.75, 3.05) is 16.0 Å². The van der Waals surface area contributed by atoms with Crippen molar-refractivity contribution >= 4 is 40.1 Å². The molecule has 2 amide bonds. The van der Waals surface area contributed by atoms with E-state index in [1.54, 1.807) is 10.9 Å². The van der Waals surface area contributed by atoms with Gasteiger partial charge in [0.15, 0.2) is 5.69 Å². The summed E-state index contributed by atoms with van der Waals surface area (Å²) in [4.78, 5) is 36.7. The number of carboxylic acid groups (broad SMARTS) is 1. The molecule has 49 heavy (non-hydrogen) atoms. The van der Waals surface area contributed by atoms with Crippen LogP contribution in [0.4, 0.5) is 22.1 Å². The van der Waals surface area contributed by atoms with Crippen molar-refractivity contribution in [2.45, 2.75) is 46.3 Å². The molecule has 248 valence electrons. The van der Waals surface area contributed by atoms with Crippen LogP contribution < -0.4 is 20.7 Å². The average molecular weight is 657 g/mol. The van der Waals surface area contributed by atoms with E-state index in [1.165, 1.54) is 12.4 Å². The van der Waals surface area contributed by atoms with E-state index in [2.05, 4.69) is 51.7 Å². The van der Waals surface area contributed by atoms with E-state index in [0.717, 1.165) is 39.0 Å². The fourth-order valence-electron chi connectivity index (χ4n) is 5.08. The number of aromatic carboxylic acids is 1. The number of fused-ring (bicyclic) bond motifs is 1. The van der Waals surface area contributed by atoms with E-state index >= 15 is 0 Å². The first-order chi connectivity index (χ1) is 23.5. The van der Waals surface area contributed by atoms with Gasteiger partial charge < -0.3 is 20.5 Å². The predicted octanol–water partition coefficient (Wildman–Crippen LogP) is 7.35. The standard InChI is InChI=1S/C37H36N8O4/c1-23-9-11-26(12-10-23)45-34(18-32(44-45)37(2,3)4)43-36(48)42-29-13-14-31(28-8-6-5-7-27(28)29)49-22-24-15-16-38-25(17-24)19-40-33-21-39-30(20-41-33)35(46)47/h5-18,20-21H,19,22H2,1-4H3,(H,40,41)(H,46,47)(H2,42,43,48). The van der Waals surface area contributed by atoms with Crippen LogP contribution in [0.1, 0.15) is 53.8 Å². The van der Waals surface area contributed by atoms with Crippen LogP contribution in [-0.2, 0) is 18.6 Å². The molecule has 0 spiro atoms. The molecule has 0 radical (unpaired) electrons. The molecule has 0 aliphatic carbocycles. The van der Waals surface area contributed by atoms with Crippen molar-refractivity contribution < 1.29 is 19.4 Å². The van der Waals surface area contributed by atoms with Gasteiger partial charge in [0, 0.05) is 28.5 Å². The van der Waals surface area contributed by atoms with Gasteiger partial charge in [-0.15, -0.1) is 0 Å². The third-order valence-corrected chi connectivity index (χ3v) is 7.73. The lowest BCUT2D eigenvalue weighted by molar-refractivity contribution is 0.0690. The number of ether oxygens (including phenoxy) is 1. The molecule has 0 unspecified atom stereocenters. The number of anilines is 3. The average Bonchev–Trinajstić information content (AvgIpc) is 3.52. The number of carboxylic acids is 1. The molecule has 0 saturated carbocycles. The molecule has 0 saturated heterocycles. The number of nitrogens with one attached hydrogen (secondary N) is 3. The molecule has 0 atom stereocenters. The number of hydrogen-bond acceptors (Lipinski definition) is 8. The molecule has 0 aliphatic rings. The quantitative estimate of drug-likeness (QED) is 0.118. The largest absolute Gasteiger partial charge is 0.488 e. The van der Waals surface area contributed by atoms with Crippen molar-refractivity contribution in [3.63, 3.8) is 0 Å². The van der Waals surface area contributed by atoms with Crippen LogP contribution in [0, 0.1) is 6.92 Å². The highest BCUT2D eigenvalue weighted by atomic mass is 16.5. The number of pyridine rings is 1. The molecule has 4 N–H and O–H groups in total. The maximum Gasteiger partial charge on any atom is 0.356 e. The molecule has 12 heteroatoms. The van der Waals surface area contributed by atoms with Gasteiger partial charge in [0.05, 0.1) is 41.7 Å². The number of aromatic nitrogens is 5. The second kappa shape index (κ2) is 13.8. The lowest BCUT2D eigenvalue weighted by atomic mass is 9.92. The van der Waals surface area contributed by atoms with E-state index in [9.17, 15) is 9.59 Å². The van der Waals surface area contributed by atoms with Gasteiger partial charge in [-0.2, -0.15) is 5.10 Å². The molecule has 3 aromatic carbocycles. The Kier molecular flexibility index (Phi) is 9.20. The zero-order valence-electron chi connectivity index (χ0n) is 27.6. The van der Waals surface area contributed by atoms with E-state index < -0.39 is 12.0 Å². The van der Waals surface area contributed by atoms with Crippen molar-refractivity contribution in [2.24, 2.45) is 0 Å². The first-order valence-electron chi connectivity index (χ1n) is 15.7. The Morgan fingerprint density at radius 3 is 2.37 bits per heavy atom. The first-order valence-corrected chi connectivity index (χ1v) is 15.7. The van der Waals surface area contributed by atoms with Crippen LogP contribution in [0.5, 0.6) is 5.75 Å².